The van der Waals surface area contributed by atoms with Gasteiger partial charge in [0.2, 0.25) is 0 Å². The fourth-order valence-electron chi connectivity index (χ4n) is 1.94. The normalized spacial score (nSPS) is 10.4. The van der Waals surface area contributed by atoms with Crippen molar-refractivity contribution in [1.82, 2.24) is 10.2 Å². The molecule has 3 aromatic rings. The summed E-state index contributed by atoms with van der Waals surface area (Å²) in [7, 11) is 1.61. The smallest absolute Gasteiger partial charge is 0.168 e. The van der Waals surface area contributed by atoms with E-state index in [9.17, 15) is 4.79 Å². The van der Waals surface area contributed by atoms with E-state index in [4.69, 9.17) is 9.47 Å². The summed E-state index contributed by atoms with van der Waals surface area (Å²) in [4.78, 5) is 10.9. The quantitative estimate of drug-likeness (QED) is 0.738. The molecule has 0 amide bonds. The van der Waals surface area contributed by atoms with E-state index in [1.807, 2.05) is 30.3 Å². The molecule has 0 saturated carbocycles. The summed E-state index contributed by atoms with van der Waals surface area (Å²) < 4.78 is 10.8. The van der Waals surface area contributed by atoms with E-state index in [0.717, 1.165) is 22.9 Å². The summed E-state index contributed by atoms with van der Waals surface area (Å²) in [6.45, 7) is 0. The van der Waals surface area contributed by atoms with E-state index >= 15 is 0 Å². The highest BCUT2D eigenvalue weighted by Crippen LogP contribution is 2.27. The van der Waals surface area contributed by atoms with Gasteiger partial charge < -0.3 is 9.47 Å². The molecule has 20 heavy (non-hydrogen) atoms. The average Bonchev–Trinajstić information content (AvgIpc) is 2.90. The lowest BCUT2D eigenvalue weighted by atomic mass is 10.2. The monoisotopic (exact) mass is 268 g/mol. The van der Waals surface area contributed by atoms with Crippen molar-refractivity contribution in [2.75, 3.05) is 7.11 Å². The first-order chi connectivity index (χ1) is 9.80. The number of benzene rings is 2. The molecule has 3 rings (SSSR count). The molecule has 1 heterocycles. The van der Waals surface area contributed by atoms with Gasteiger partial charge in [-0.2, -0.15) is 5.10 Å². The van der Waals surface area contributed by atoms with Gasteiger partial charge in [-0.05, 0) is 42.5 Å². The van der Waals surface area contributed by atoms with Crippen molar-refractivity contribution in [1.29, 1.82) is 0 Å². The van der Waals surface area contributed by atoms with Crippen LogP contribution in [0.15, 0.2) is 42.5 Å². The molecule has 0 bridgehead atoms. The second-order valence-electron chi connectivity index (χ2n) is 4.21. The van der Waals surface area contributed by atoms with Crippen LogP contribution in [0.1, 0.15) is 10.5 Å². The van der Waals surface area contributed by atoms with Crippen molar-refractivity contribution in [2.24, 2.45) is 0 Å². The highest BCUT2D eigenvalue weighted by atomic mass is 16.5. The Hall–Kier alpha value is -2.82. The number of rotatable bonds is 4. The molecule has 100 valence electrons. The molecule has 0 atom stereocenters. The van der Waals surface area contributed by atoms with Crippen LogP contribution in [0.4, 0.5) is 0 Å². The van der Waals surface area contributed by atoms with Crippen LogP contribution < -0.4 is 9.47 Å². The number of aldehydes is 1. The van der Waals surface area contributed by atoms with Crippen molar-refractivity contribution in [3.05, 3.63) is 48.2 Å². The lowest BCUT2D eigenvalue weighted by Gasteiger charge is -2.06. The zero-order valence-electron chi connectivity index (χ0n) is 10.8. The molecule has 0 fully saturated rings. The highest BCUT2D eigenvalue weighted by molar-refractivity contribution is 5.95. The van der Waals surface area contributed by atoms with Crippen molar-refractivity contribution >= 4 is 17.2 Å². The molecular formula is C15H12N2O3. The minimum absolute atomic E-state index is 0.445. The SMILES string of the molecule is COc1ccc(Oc2ccc3n[nH]c(C=O)c3c2)cc1. The van der Waals surface area contributed by atoms with Crippen LogP contribution >= 0.6 is 0 Å². The van der Waals surface area contributed by atoms with Gasteiger partial charge in [0, 0.05) is 5.39 Å². The molecule has 0 aliphatic heterocycles. The minimum atomic E-state index is 0.445. The first kappa shape index (κ1) is 12.2. The first-order valence-electron chi connectivity index (χ1n) is 6.05. The average molecular weight is 268 g/mol. The van der Waals surface area contributed by atoms with Crippen molar-refractivity contribution in [2.45, 2.75) is 0 Å². The van der Waals surface area contributed by atoms with Gasteiger partial charge in [0.05, 0.1) is 12.6 Å². The molecule has 0 saturated heterocycles. The Bertz CT molecular complexity index is 747. The maximum absolute atomic E-state index is 10.9. The van der Waals surface area contributed by atoms with Crippen LogP contribution in [0.2, 0.25) is 0 Å². The number of hydrogen-bond donors (Lipinski definition) is 1. The van der Waals surface area contributed by atoms with E-state index in [0.29, 0.717) is 17.2 Å². The van der Waals surface area contributed by atoms with Crippen LogP contribution in [0.25, 0.3) is 10.9 Å². The van der Waals surface area contributed by atoms with Crippen LogP contribution in [-0.2, 0) is 0 Å². The second kappa shape index (κ2) is 5.05. The predicted octanol–water partition coefficient (Wildman–Crippen LogP) is 3.18. The fraction of sp³-hybridized carbons (Fsp3) is 0.0667. The Morgan fingerprint density at radius 2 is 1.75 bits per heavy atom. The van der Waals surface area contributed by atoms with Gasteiger partial charge >= 0.3 is 0 Å². The predicted molar refractivity (Wildman–Crippen MR) is 74.5 cm³/mol. The Morgan fingerprint density at radius 1 is 1.05 bits per heavy atom. The molecule has 5 nitrogen and oxygen atoms in total. The van der Waals surface area contributed by atoms with Crippen LogP contribution in [0.3, 0.4) is 0 Å². The van der Waals surface area contributed by atoms with Gasteiger partial charge in [0.25, 0.3) is 0 Å². The van der Waals surface area contributed by atoms with Gasteiger partial charge in [-0.25, -0.2) is 0 Å². The number of carbonyl (C=O) groups is 1. The van der Waals surface area contributed by atoms with Crippen LogP contribution in [0, 0.1) is 0 Å². The third kappa shape index (κ3) is 2.21. The van der Waals surface area contributed by atoms with E-state index in [1.165, 1.54) is 0 Å². The molecule has 0 unspecified atom stereocenters. The molecule has 0 radical (unpaired) electrons. The number of nitrogens with zero attached hydrogens (tertiary/aromatic N) is 1. The van der Waals surface area contributed by atoms with Crippen molar-refractivity contribution < 1.29 is 14.3 Å². The van der Waals surface area contributed by atoms with Gasteiger partial charge in [-0.15, -0.1) is 0 Å². The summed E-state index contributed by atoms with van der Waals surface area (Å²) in [6.07, 6.45) is 0.743. The number of carbonyl (C=O) groups excluding carboxylic acids is 1. The van der Waals surface area contributed by atoms with Crippen LogP contribution in [0.5, 0.6) is 17.2 Å². The first-order valence-corrected chi connectivity index (χ1v) is 6.05. The molecule has 0 aliphatic rings. The largest absolute Gasteiger partial charge is 0.497 e. The number of aromatic amines is 1. The standard InChI is InChI=1S/C15H12N2O3/c1-19-10-2-4-11(5-3-10)20-12-6-7-14-13(8-12)15(9-18)17-16-14/h2-9H,1H3,(H,16,17). The van der Waals surface area contributed by atoms with Gasteiger partial charge in [0.1, 0.15) is 22.9 Å². The Balaban J connectivity index is 1.91. The van der Waals surface area contributed by atoms with Gasteiger partial charge in [0.15, 0.2) is 6.29 Å². The number of hydrogen-bond acceptors (Lipinski definition) is 4. The number of ether oxygens (including phenoxy) is 2. The third-order valence-corrected chi connectivity index (χ3v) is 2.97. The molecule has 1 N–H and O–H groups in total. The maximum atomic E-state index is 10.9. The van der Waals surface area contributed by atoms with E-state index in [2.05, 4.69) is 10.2 Å². The minimum Gasteiger partial charge on any atom is -0.497 e. The maximum Gasteiger partial charge on any atom is 0.168 e. The zero-order valence-corrected chi connectivity index (χ0v) is 10.8. The topological polar surface area (TPSA) is 64.2 Å². The lowest BCUT2D eigenvalue weighted by molar-refractivity contribution is 0.112. The summed E-state index contributed by atoms with van der Waals surface area (Å²) in [6, 6.07) is 12.7. The summed E-state index contributed by atoms with van der Waals surface area (Å²) in [5.74, 6) is 2.11. The van der Waals surface area contributed by atoms with Crippen molar-refractivity contribution in [3.8, 4) is 17.2 Å². The zero-order chi connectivity index (χ0) is 13.9. The van der Waals surface area contributed by atoms with Crippen LogP contribution in [-0.4, -0.2) is 23.6 Å². The molecule has 0 aliphatic carbocycles. The lowest BCUT2D eigenvalue weighted by Crippen LogP contribution is -1.86. The van der Waals surface area contributed by atoms with E-state index in [-0.39, 0.29) is 0 Å². The number of methoxy groups -OCH3 is 1. The van der Waals surface area contributed by atoms with E-state index in [1.54, 1.807) is 19.2 Å². The number of nitrogens with one attached hydrogen (secondary N) is 1. The molecule has 5 heteroatoms. The summed E-state index contributed by atoms with van der Waals surface area (Å²) >= 11 is 0. The Morgan fingerprint density at radius 3 is 2.45 bits per heavy atom. The van der Waals surface area contributed by atoms with Crippen molar-refractivity contribution in [3.63, 3.8) is 0 Å². The van der Waals surface area contributed by atoms with Gasteiger partial charge in [-0.3, -0.25) is 9.89 Å². The number of H-pyrrole nitrogens is 1. The highest BCUT2D eigenvalue weighted by Gasteiger charge is 2.06. The molecular weight excluding hydrogens is 256 g/mol. The third-order valence-electron chi connectivity index (χ3n) is 2.97. The molecule has 2 aromatic carbocycles. The fourth-order valence-corrected chi connectivity index (χ4v) is 1.94. The Kier molecular flexibility index (Phi) is 3.09. The van der Waals surface area contributed by atoms with Gasteiger partial charge in [-0.1, -0.05) is 0 Å². The second-order valence-corrected chi connectivity index (χ2v) is 4.21. The van der Waals surface area contributed by atoms with E-state index < -0.39 is 0 Å². The Labute approximate surface area is 115 Å². The molecule has 1 aromatic heterocycles. The number of aromatic nitrogens is 2. The summed E-state index contributed by atoms with van der Waals surface area (Å²) in [5, 5.41) is 7.45. The number of fused-ring (bicyclic) bond motifs is 1. The summed E-state index contributed by atoms with van der Waals surface area (Å²) in [5.41, 5.74) is 1.18. The molecule has 0 spiro atoms.